The summed E-state index contributed by atoms with van der Waals surface area (Å²) in [6.07, 6.45) is 7.62. The van der Waals surface area contributed by atoms with Gasteiger partial charge in [0.15, 0.2) is 0 Å². The first-order valence-electron chi connectivity index (χ1n) is 11.1. The van der Waals surface area contributed by atoms with Gasteiger partial charge in [0.2, 0.25) is 17.7 Å². The molecule has 0 radical (unpaired) electrons. The number of nitrogens with one attached hydrogen (secondary N) is 2. The normalized spacial score (nSPS) is 37.5. The first-order valence-corrected chi connectivity index (χ1v) is 12.0. The quantitative estimate of drug-likeness (QED) is 0.593. The Labute approximate surface area is 176 Å². The molecule has 3 N–H and O–H groups in total. The number of rotatable bonds is 6. The molecule has 3 saturated heterocycles. The number of likely N-dealkylation sites (tertiary alicyclic amines) is 1. The van der Waals surface area contributed by atoms with Gasteiger partial charge in [0.05, 0.1) is 29.2 Å². The van der Waals surface area contributed by atoms with Crippen LogP contribution < -0.4 is 10.6 Å². The van der Waals surface area contributed by atoms with Gasteiger partial charge in [-0.25, -0.2) is 0 Å². The number of hydrogen-bond donors (Lipinski definition) is 3. The average molecular weight is 424 g/mol. The lowest BCUT2D eigenvalue weighted by molar-refractivity contribution is -0.142. The molecule has 162 valence electrons. The predicted molar refractivity (Wildman–Crippen MR) is 111 cm³/mol. The highest BCUT2D eigenvalue weighted by molar-refractivity contribution is 8.02. The molecule has 7 nitrogen and oxygen atoms in total. The van der Waals surface area contributed by atoms with E-state index in [1.54, 1.807) is 23.7 Å². The summed E-state index contributed by atoms with van der Waals surface area (Å²) >= 11 is 1.68. The van der Waals surface area contributed by atoms with Gasteiger partial charge in [-0.15, -0.1) is 11.8 Å². The predicted octanol–water partition coefficient (Wildman–Crippen LogP) is 1.04. The standard InChI is InChI=1S/C21H33N3O4S/c1-3-13(11-25)24-17(19(27)23-12-7-5-4-6-8-12)21-10-9-14(29-21)15(18(26)22-2)16(21)20(24)28/h12-17,25H,3-11H2,1-2H3,(H,22,26)(H,23,27)/t13-,14-,15+,16-,17?,21?/m0/s1. The fourth-order valence-corrected chi connectivity index (χ4v) is 8.40. The second kappa shape index (κ2) is 8.10. The molecule has 3 heterocycles. The number of hydrogen-bond acceptors (Lipinski definition) is 5. The van der Waals surface area contributed by atoms with Gasteiger partial charge in [-0.3, -0.25) is 14.4 Å². The molecule has 2 unspecified atom stereocenters. The summed E-state index contributed by atoms with van der Waals surface area (Å²) in [5.74, 6) is -1.19. The van der Waals surface area contributed by atoms with Gasteiger partial charge in [0.25, 0.3) is 0 Å². The molecular formula is C21H33N3O4S. The molecular weight excluding hydrogens is 390 g/mol. The van der Waals surface area contributed by atoms with Crippen LogP contribution >= 0.6 is 11.8 Å². The molecule has 0 aromatic carbocycles. The van der Waals surface area contributed by atoms with Crippen LogP contribution in [0.1, 0.15) is 58.3 Å². The van der Waals surface area contributed by atoms with Gasteiger partial charge in [0, 0.05) is 18.3 Å². The van der Waals surface area contributed by atoms with Crippen molar-refractivity contribution in [2.75, 3.05) is 13.7 Å². The lowest BCUT2D eigenvalue weighted by atomic mass is 9.70. The second-order valence-corrected chi connectivity index (χ2v) is 10.6. The fourth-order valence-electron chi connectivity index (χ4n) is 6.19. The minimum Gasteiger partial charge on any atom is -0.394 e. The van der Waals surface area contributed by atoms with Crippen molar-refractivity contribution in [3.63, 3.8) is 0 Å². The van der Waals surface area contributed by atoms with Crippen molar-refractivity contribution in [2.45, 2.75) is 86.4 Å². The van der Waals surface area contributed by atoms with Crippen LogP contribution in [0.4, 0.5) is 0 Å². The number of nitrogens with zero attached hydrogens (tertiary/aromatic N) is 1. The molecule has 6 atom stereocenters. The maximum atomic E-state index is 13.6. The summed E-state index contributed by atoms with van der Waals surface area (Å²) < 4.78 is -0.555. The zero-order chi connectivity index (χ0) is 20.8. The van der Waals surface area contributed by atoms with E-state index in [1.807, 2.05) is 6.92 Å². The maximum Gasteiger partial charge on any atom is 0.244 e. The lowest BCUT2D eigenvalue weighted by Gasteiger charge is -2.38. The lowest BCUT2D eigenvalue weighted by Crippen LogP contribution is -2.58. The van der Waals surface area contributed by atoms with Gasteiger partial charge >= 0.3 is 0 Å². The Kier molecular flexibility index (Phi) is 5.86. The molecule has 1 spiro atoms. The van der Waals surface area contributed by atoms with E-state index in [-0.39, 0.29) is 35.6 Å². The van der Waals surface area contributed by atoms with E-state index in [9.17, 15) is 19.5 Å². The molecule has 4 rings (SSSR count). The van der Waals surface area contributed by atoms with Crippen LogP contribution in [0.5, 0.6) is 0 Å². The van der Waals surface area contributed by atoms with Crippen LogP contribution in [0, 0.1) is 11.8 Å². The molecule has 2 bridgehead atoms. The fraction of sp³-hybridized carbons (Fsp3) is 0.857. The third-order valence-corrected chi connectivity index (χ3v) is 9.51. The van der Waals surface area contributed by atoms with E-state index < -0.39 is 28.7 Å². The Bertz CT molecular complexity index is 679. The topological polar surface area (TPSA) is 98.7 Å². The number of amides is 3. The molecule has 8 heteroatoms. The molecule has 4 fully saturated rings. The third kappa shape index (κ3) is 3.17. The number of aliphatic hydroxyl groups is 1. The summed E-state index contributed by atoms with van der Waals surface area (Å²) in [5.41, 5.74) is 0. The summed E-state index contributed by atoms with van der Waals surface area (Å²) in [6.45, 7) is 1.76. The van der Waals surface area contributed by atoms with Crippen LogP contribution in [0.25, 0.3) is 0 Å². The van der Waals surface area contributed by atoms with E-state index in [1.165, 1.54) is 6.42 Å². The zero-order valence-corrected chi connectivity index (χ0v) is 18.2. The highest BCUT2D eigenvalue weighted by atomic mass is 32.2. The summed E-state index contributed by atoms with van der Waals surface area (Å²) in [4.78, 5) is 41.5. The van der Waals surface area contributed by atoms with Gasteiger partial charge in [-0.2, -0.15) is 0 Å². The van der Waals surface area contributed by atoms with E-state index >= 15 is 0 Å². The minimum atomic E-state index is -0.608. The van der Waals surface area contributed by atoms with E-state index in [4.69, 9.17) is 0 Å². The van der Waals surface area contributed by atoms with Crippen molar-refractivity contribution in [2.24, 2.45) is 11.8 Å². The van der Waals surface area contributed by atoms with Crippen LogP contribution in [0.3, 0.4) is 0 Å². The molecule has 1 saturated carbocycles. The molecule has 29 heavy (non-hydrogen) atoms. The summed E-state index contributed by atoms with van der Waals surface area (Å²) in [6, 6.07) is -0.838. The smallest absolute Gasteiger partial charge is 0.244 e. The Morgan fingerprint density at radius 2 is 1.97 bits per heavy atom. The van der Waals surface area contributed by atoms with Crippen LogP contribution in [0.2, 0.25) is 0 Å². The highest BCUT2D eigenvalue weighted by Gasteiger charge is 2.74. The molecule has 3 amide bonds. The number of fused-ring (bicyclic) bond motifs is 1. The van der Waals surface area contributed by atoms with E-state index in [2.05, 4.69) is 10.6 Å². The Morgan fingerprint density at radius 3 is 2.59 bits per heavy atom. The van der Waals surface area contributed by atoms with Crippen LogP contribution in [-0.4, -0.2) is 69.5 Å². The van der Waals surface area contributed by atoms with Crippen molar-refractivity contribution >= 4 is 29.5 Å². The van der Waals surface area contributed by atoms with Crippen molar-refractivity contribution in [3.05, 3.63) is 0 Å². The largest absolute Gasteiger partial charge is 0.394 e. The van der Waals surface area contributed by atoms with Gasteiger partial charge in [-0.1, -0.05) is 26.2 Å². The van der Waals surface area contributed by atoms with Crippen LogP contribution in [0.15, 0.2) is 0 Å². The summed E-state index contributed by atoms with van der Waals surface area (Å²) in [5, 5.41) is 16.0. The SMILES string of the molecule is CC[C@@H](CO)N1C(=O)[C@@H]2[C@H](C(=O)NC)[C@@H]3CCC2(S3)C1C(=O)NC1CCCCC1. The van der Waals surface area contributed by atoms with E-state index in [0.717, 1.165) is 38.5 Å². The average Bonchev–Trinajstić information content (AvgIpc) is 3.37. The molecule has 0 aromatic heterocycles. The number of carbonyl (C=O) groups excluding carboxylic acids is 3. The molecule has 3 aliphatic heterocycles. The second-order valence-electron chi connectivity index (χ2n) is 9.00. The first kappa shape index (κ1) is 21.0. The van der Waals surface area contributed by atoms with Crippen molar-refractivity contribution in [1.29, 1.82) is 0 Å². The third-order valence-electron chi connectivity index (χ3n) is 7.56. The van der Waals surface area contributed by atoms with Crippen LogP contribution in [-0.2, 0) is 14.4 Å². The maximum absolute atomic E-state index is 13.6. The van der Waals surface area contributed by atoms with Crippen molar-refractivity contribution in [3.8, 4) is 0 Å². The molecule has 0 aromatic rings. The van der Waals surface area contributed by atoms with Crippen molar-refractivity contribution < 1.29 is 19.5 Å². The van der Waals surface area contributed by atoms with E-state index in [0.29, 0.717) is 6.42 Å². The molecule has 1 aliphatic carbocycles. The highest BCUT2D eigenvalue weighted by Crippen LogP contribution is 2.66. The van der Waals surface area contributed by atoms with Gasteiger partial charge in [0.1, 0.15) is 6.04 Å². The Balaban J connectivity index is 1.69. The number of thioether (sulfide) groups is 1. The Morgan fingerprint density at radius 1 is 1.24 bits per heavy atom. The molecule has 4 aliphatic rings. The minimum absolute atomic E-state index is 0.0882. The van der Waals surface area contributed by atoms with Gasteiger partial charge < -0.3 is 20.6 Å². The zero-order valence-electron chi connectivity index (χ0n) is 17.4. The van der Waals surface area contributed by atoms with Gasteiger partial charge in [-0.05, 0) is 32.1 Å². The first-order chi connectivity index (χ1) is 14.0. The Hall–Kier alpha value is -1.28. The monoisotopic (exact) mass is 423 g/mol. The van der Waals surface area contributed by atoms with Crippen molar-refractivity contribution in [1.82, 2.24) is 15.5 Å². The number of aliphatic hydroxyl groups excluding tert-OH is 1. The summed E-state index contributed by atoms with van der Waals surface area (Å²) in [7, 11) is 1.61. The number of carbonyl (C=O) groups is 3.